The van der Waals surface area contributed by atoms with Crippen molar-refractivity contribution in [3.63, 3.8) is 0 Å². The lowest BCUT2D eigenvalue weighted by Gasteiger charge is -2.22. The first kappa shape index (κ1) is 21.2. The van der Waals surface area contributed by atoms with Gasteiger partial charge in [-0.25, -0.2) is 9.78 Å². The predicted octanol–water partition coefficient (Wildman–Crippen LogP) is 3.90. The third-order valence-corrected chi connectivity index (χ3v) is 5.04. The van der Waals surface area contributed by atoms with Gasteiger partial charge in [-0.15, -0.1) is 0 Å². The molecule has 0 aliphatic carbocycles. The average Bonchev–Trinajstić information content (AvgIpc) is 3.17. The lowest BCUT2D eigenvalue weighted by molar-refractivity contribution is 0.235. The van der Waals surface area contributed by atoms with Gasteiger partial charge in [0, 0.05) is 25.0 Å². The number of aromatic nitrogens is 2. The van der Waals surface area contributed by atoms with Crippen LogP contribution in [0.5, 0.6) is 11.5 Å². The molecule has 158 valence electrons. The van der Waals surface area contributed by atoms with Crippen LogP contribution in [0.2, 0.25) is 0 Å². The summed E-state index contributed by atoms with van der Waals surface area (Å²) in [5.74, 6) is 2.22. The van der Waals surface area contributed by atoms with Crippen LogP contribution in [0.25, 0.3) is 0 Å². The molecular weight excluding hydrogens is 380 g/mol. The normalized spacial score (nSPS) is 12.7. The van der Waals surface area contributed by atoms with Crippen molar-refractivity contribution in [2.24, 2.45) is 7.05 Å². The maximum Gasteiger partial charge on any atom is 0.316 e. The van der Waals surface area contributed by atoms with E-state index in [9.17, 15) is 4.79 Å². The second kappa shape index (κ2) is 9.35. The number of rotatable bonds is 7. The van der Waals surface area contributed by atoms with Gasteiger partial charge in [-0.2, -0.15) is 0 Å². The number of imidazole rings is 1. The van der Waals surface area contributed by atoms with E-state index < -0.39 is 6.04 Å². The molecule has 1 heterocycles. The van der Waals surface area contributed by atoms with E-state index in [1.165, 1.54) is 0 Å². The summed E-state index contributed by atoms with van der Waals surface area (Å²) in [4.78, 5) is 17.3. The molecule has 3 aromatic rings. The fourth-order valence-corrected chi connectivity index (χ4v) is 3.39. The average molecular weight is 409 g/mol. The zero-order valence-electron chi connectivity index (χ0n) is 18.0. The van der Waals surface area contributed by atoms with Crippen molar-refractivity contribution in [1.82, 2.24) is 20.2 Å². The maximum absolute atomic E-state index is 12.9. The first-order valence-electron chi connectivity index (χ1n) is 9.75. The zero-order chi connectivity index (χ0) is 21.7. The minimum atomic E-state index is -0.414. The standard InChI is InChI=1S/C23H28N4O3/c1-15-6-11-20(30-5)19(14-15)16(2)25-23(28)26-21(22-24-12-13-27(22)3)17-7-9-18(29-4)10-8-17/h6-14,16,21H,1-5H3,(H2,25,26,28). The molecule has 2 N–H and O–H groups in total. The summed E-state index contributed by atoms with van der Waals surface area (Å²) < 4.78 is 12.6. The van der Waals surface area contributed by atoms with E-state index in [4.69, 9.17) is 9.47 Å². The first-order chi connectivity index (χ1) is 14.4. The molecule has 0 saturated heterocycles. The molecule has 0 fully saturated rings. The number of aryl methyl sites for hydroxylation is 2. The Kier molecular flexibility index (Phi) is 6.61. The van der Waals surface area contributed by atoms with Crippen LogP contribution in [0.15, 0.2) is 54.9 Å². The van der Waals surface area contributed by atoms with E-state index >= 15 is 0 Å². The highest BCUT2D eigenvalue weighted by Gasteiger charge is 2.22. The molecule has 7 heteroatoms. The summed E-state index contributed by atoms with van der Waals surface area (Å²) in [6.07, 6.45) is 3.57. The summed E-state index contributed by atoms with van der Waals surface area (Å²) in [6.45, 7) is 3.94. The molecule has 1 aromatic heterocycles. The Morgan fingerprint density at radius 3 is 2.40 bits per heavy atom. The van der Waals surface area contributed by atoms with Crippen molar-refractivity contribution in [1.29, 1.82) is 0 Å². The molecule has 2 atom stereocenters. The number of carbonyl (C=O) groups excluding carboxylic acids is 1. The van der Waals surface area contributed by atoms with Crippen LogP contribution in [0, 0.1) is 6.92 Å². The molecule has 0 saturated carbocycles. The van der Waals surface area contributed by atoms with Crippen molar-refractivity contribution in [3.05, 3.63) is 77.4 Å². The van der Waals surface area contributed by atoms with Crippen molar-refractivity contribution in [3.8, 4) is 11.5 Å². The number of urea groups is 1. The highest BCUT2D eigenvalue weighted by Crippen LogP contribution is 2.27. The fraction of sp³-hybridized carbons (Fsp3) is 0.304. The number of amides is 2. The van der Waals surface area contributed by atoms with Gasteiger partial charge in [0.2, 0.25) is 0 Å². The van der Waals surface area contributed by atoms with Gasteiger partial charge in [0.05, 0.1) is 20.3 Å². The van der Waals surface area contributed by atoms with Crippen molar-refractivity contribution in [2.45, 2.75) is 25.9 Å². The smallest absolute Gasteiger partial charge is 0.316 e. The summed E-state index contributed by atoms with van der Waals surface area (Å²) in [7, 11) is 5.15. The third-order valence-electron chi connectivity index (χ3n) is 5.04. The van der Waals surface area contributed by atoms with Crippen LogP contribution in [0.4, 0.5) is 4.79 Å². The minimum Gasteiger partial charge on any atom is -0.497 e. The SMILES string of the molecule is COc1ccc(C(NC(=O)NC(C)c2cc(C)ccc2OC)c2nccn2C)cc1. The van der Waals surface area contributed by atoms with Crippen LogP contribution in [0.3, 0.4) is 0 Å². The molecule has 7 nitrogen and oxygen atoms in total. The quantitative estimate of drug-likeness (QED) is 0.622. The number of carbonyl (C=O) groups is 1. The van der Waals surface area contributed by atoms with Gasteiger partial charge in [0.1, 0.15) is 23.4 Å². The monoisotopic (exact) mass is 408 g/mol. The molecule has 30 heavy (non-hydrogen) atoms. The first-order valence-corrected chi connectivity index (χ1v) is 9.75. The van der Waals surface area contributed by atoms with E-state index in [1.54, 1.807) is 20.4 Å². The molecule has 0 aliphatic heterocycles. The van der Waals surface area contributed by atoms with Crippen LogP contribution in [0.1, 0.15) is 41.5 Å². The molecular formula is C23H28N4O3. The predicted molar refractivity (Wildman–Crippen MR) is 116 cm³/mol. The van der Waals surface area contributed by atoms with E-state index in [1.807, 2.05) is 74.1 Å². The van der Waals surface area contributed by atoms with Gasteiger partial charge in [-0.3, -0.25) is 0 Å². The van der Waals surface area contributed by atoms with Crippen LogP contribution in [-0.4, -0.2) is 29.8 Å². The Morgan fingerprint density at radius 1 is 1.07 bits per heavy atom. The molecule has 0 radical (unpaired) electrons. The van der Waals surface area contributed by atoms with E-state index in [2.05, 4.69) is 15.6 Å². The summed E-state index contributed by atoms with van der Waals surface area (Å²) in [5.41, 5.74) is 2.93. The van der Waals surface area contributed by atoms with Gasteiger partial charge in [0.25, 0.3) is 0 Å². The molecule has 2 amide bonds. The Balaban J connectivity index is 1.81. The number of nitrogens with zero attached hydrogens (tertiary/aromatic N) is 2. The number of methoxy groups -OCH3 is 2. The molecule has 0 aliphatic rings. The Hall–Kier alpha value is -3.48. The summed E-state index contributed by atoms with van der Waals surface area (Å²) in [5, 5.41) is 6.06. The van der Waals surface area contributed by atoms with Crippen LogP contribution < -0.4 is 20.1 Å². The molecule has 2 aromatic carbocycles. The number of benzene rings is 2. The van der Waals surface area contributed by atoms with Gasteiger partial charge in [-0.05, 0) is 37.6 Å². The number of nitrogens with one attached hydrogen (secondary N) is 2. The molecule has 3 rings (SSSR count). The second-order valence-electron chi connectivity index (χ2n) is 7.19. The van der Waals surface area contributed by atoms with Crippen molar-refractivity contribution < 1.29 is 14.3 Å². The number of hydrogen-bond donors (Lipinski definition) is 2. The Bertz CT molecular complexity index is 998. The molecule has 2 unspecified atom stereocenters. The number of hydrogen-bond acceptors (Lipinski definition) is 4. The highest BCUT2D eigenvalue weighted by atomic mass is 16.5. The van der Waals surface area contributed by atoms with Gasteiger partial charge >= 0.3 is 6.03 Å². The fourth-order valence-electron chi connectivity index (χ4n) is 3.39. The van der Waals surface area contributed by atoms with Crippen molar-refractivity contribution in [2.75, 3.05) is 14.2 Å². The number of ether oxygens (including phenoxy) is 2. The molecule has 0 spiro atoms. The van der Waals surface area contributed by atoms with E-state index in [0.29, 0.717) is 0 Å². The van der Waals surface area contributed by atoms with Gasteiger partial charge < -0.3 is 24.7 Å². The lowest BCUT2D eigenvalue weighted by Crippen LogP contribution is -2.40. The lowest BCUT2D eigenvalue weighted by atomic mass is 10.0. The Labute approximate surface area is 177 Å². The van der Waals surface area contributed by atoms with Crippen LogP contribution in [-0.2, 0) is 7.05 Å². The maximum atomic E-state index is 12.9. The van der Waals surface area contributed by atoms with Crippen molar-refractivity contribution >= 4 is 6.03 Å². The zero-order valence-corrected chi connectivity index (χ0v) is 18.0. The van der Waals surface area contributed by atoms with Gasteiger partial charge in [-0.1, -0.05) is 29.8 Å². The van der Waals surface area contributed by atoms with Crippen LogP contribution >= 0.6 is 0 Å². The topological polar surface area (TPSA) is 77.4 Å². The van der Waals surface area contributed by atoms with E-state index in [0.717, 1.165) is 34.0 Å². The minimum absolute atomic E-state index is 0.238. The Morgan fingerprint density at radius 2 is 1.80 bits per heavy atom. The summed E-state index contributed by atoms with van der Waals surface area (Å²) >= 11 is 0. The highest BCUT2D eigenvalue weighted by molar-refractivity contribution is 5.75. The van der Waals surface area contributed by atoms with E-state index in [-0.39, 0.29) is 12.1 Å². The van der Waals surface area contributed by atoms with Gasteiger partial charge in [0.15, 0.2) is 0 Å². The summed E-state index contributed by atoms with van der Waals surface area (Å²) in [6, 6.07) is 12.5. The third kappa shape index (κ3) is 4.74. The second-order valence-corrected chi connectivity index (χ2v) is 7.19. The largest absolute Gasteiger partial charge is 0.497 e. The molecule has 0 bridgehead atoms.